The first kappa shape index (κ1) is 18.0. The number of ketones is 2. The van der Waals surface area contributed by atoms with Crippen molar-refractivity contribution < 1.29 is 28.5 Å². The molecular weight excluding hydrogens is 360 g/mol. The van der Waals surface area contributed by atoms with Crippen molar-refractivity contribution in [3.8, 4) is 0 Å². The summed E-state index contributed by atoms with van der Waals surface area (Å²) in [6.45, 7) is 3.14. The summed E-state index contributed by atoms with van der Waals surface area (Å²) in [5, 5.41) is 0. The summed E-state index contributed by atoms with van der Waals surface area (Å²) in [5.74, 6) is 1.46. The molecule has 4 saturated carbocycles. The molecule has 2 spiro atoms. The van der Waals surface area contributed by atoms with E-state index in [2.05, 4.69) is 6.92 Å². The Bertz CT molecular complexity index is 708. The summed E-state index contributed by atoms with van der Waals surface area (Å²) in [4.78, 5) is 25.7. The van der Waals surface area contributed by atoms with Crippen molar-refractivity contribution in [1.29, 1.82) is 0 Å². The molecule has 8 atom stereocenters. The number of carbonyl (C=O) groups is 2. The number of rotatable bonds is 0. The minimum Gasteiger partial charge on any atom is -0.350 e. The Morgan fingerprint density at radius 1 is 0.929 bits per heavy atom. The Labute approximate surface area is 165 Å². The molecule has 0 aromatic heterocycles. The maximum absolute atomic E-state index is 13.6. The lowest BCUT2D eigenvalue weighted by atomic mass is 9.46. The molecular formula is C22H30O6. The van der Waals surface area contributed by atoms with Gasteiger partial charge in [0, 0.05) is 31.1 Å². The van der Waals surface area contributed by atoms with Gasteiger partial charge in [-0.1, -0.05) is 6.92 Å². The van der Waals surface area contributed by atoms with Crippen LogP contribution in [0.25, 0.3) is 0 Å². The van der Waals surface area contributed by atoms with Crippen molar-refractivity contribution in [2.75, 3.05) is 20.2 Å². The zero-order valence-corrected chi connectivity index (χ0v) is 16.6. The predicted molar refractivity (Wildman–Crippen MR) is 96.9 cm³/mol. The molecule has 0 radical (unpaired) electrons. The summed E-state index contributed by atoms with van der Waals surface area (Å²) in [6, 6.07) is 0. The van der Waals surface area contributed by atoms with Crippen LogP contribution < -0.4 is 0 Å². The number of fused-ring (bicyclic) bond motifs is 7. The van der Waals surface area contributed by atoms with Gasteiger partial charge >= 0.3 is 0 Å². The molecule has 4 aliphatic carbocycles. The first-order chi connectivity index (χ1) is 13.5. The molecule has 6 heteroatoms. The summed E-state index contributed by atoms with van der Waals surface area (Å²) < 4.78 is 23.7. The topological polar surface area (TPSA) is 71.1 Å². The lowest BCUT2D eigenvalue weighted by Gasteiger charge is -2.57. The van der Waals surface area contributed by atoms with E-state index in [-0.39, 0.29) is 30.8 Å². The molecule has 0 aromatic rings. The van der Waals surface area contributed by atoms with Crippen LogP contribution >= 0.6 is 0 Å². The summed E-state index contributed by atoms with van der Waals surface area (Å²) in [7, 11) is 0. The van der Waals surface area contributed by atoms with Crippen LogP contribution in [0.4, 0.5) is 0 Å². The van der Waals surface area contributed by atoms with E-state index >= 15 is 0 Å². The number of Topliss-reactive ketones (excluding diaryl/α,β-unsaturated/α-hetero) is 2. The zero-order chi connectivity index (χ0) is 19.1. The smallest absolute Gasteiger partial charge is 0.226 e. The average Bonchev–Trinajstić information content (AvgIpc) is 3.38. The maximum atomic E-state index is 13.6. The number of carbonyl (C=O) groups excluding carboxylic acids is 2. The highest BCUT2D eigenvalue weighted by molar-refractivity contribution is 5.85. The second kappa shape index (κ2) is 5.87. The van der Waals surface area contributed by atoms with E-state index in [1.807, 2.05) is 0 Å². The standard InChI is InChI=1S/C22H30O6/c1-20-6-4-14(23)8-13(20)2-3-16-15-5-7-21(17(15)9-18(24)19(16)20)22(28-12-26-21)10-25-11-27-22/h13,15-17,19H,2-12H2,1H3/t13-,15-,16+,17-,19-,20-,21+,22+/m0/s1. The van der Waals surface area contributed by atoms with Crippen molar-refractivity contribution >= 4 is 11.6 Å². The van der Waals surface area contributed by atoms with Crippen molar-refractivity contribution in [3.63, 3.8) is 0 Å². The zero-order valence-electron chi connectivity index (χ0n) is 16.6. The van der Waals surface area contributed by atoms with Gasteiger partial charge < -0.3 is 18.9 Å². The SMILES string of the molecule is C[C@]12CCC(=O)C[C@@H]1CC[C@@H]1[C@@H]3CC[C@@]4(OCO[C@]45COCO5)[C@H]3CC(=O)[C@H]12. The predicted octanol–water partition coefficient (Wildman–Crippen LogP) is 2.83. The summed E-state index contributed by atoms with van der Waals surface area (Å²) >= 11 is 0. The lowest BCUT2D eigenvalue weighted by molar-refractivity contribution is -0.226. The number of ether oxygens (including phenoxy) is 4. The third-order valence-corrected chi connectivity index (χ3v) is 9.54. The highest BCUT2D eigenvalue weighted by atomic mass is 16.9. The minimum absolute atomic E-state index is 0.00762. The molecule has 0 aromatic carbocycles. The maximum Gasteiger partial charge on any atom is 0.226 e. The molecule has 6 aliphatic rings. The first-order valence-electron chi connectivity index (χ1n) is 11.0. The van der Waals surface area contributed by atoms with Crippen LogP contribution in [-0.4, -0.2) is 43.1 Å². The molecule has 2 aliphatic heterocycles. The molecule has 0 N–H and O–H groups in total. The van der Waals surface area contributed by atoms with E-state index in [9.17, 15) is 9.59 Å². The van der Waals surface area contributed by atoms with Gasteiger partial charge in [-0.15, -0.1) is 0 Å². The van der Waals surface area contributed by atoms with Gasteiger partial charge in [-0.2, -0.15) is 0 Å². The van der Waals surface area contributed by atoms with E-state index in [0.29, 0.717) is 55.2 Å². The molecule has 6 nitrogen and oxygen atoms in total. The van der Waals surface area contributed by atoms with Crippen LogP contribution in [0.2, 0.25) is 0 Å². The van der Waals surface area contributed by atoms with Crippen molar-refractivity contribution in [2.45, 2.75) is 69.7 Å². The van der Waals surface area contributed by atoms with Crippen molar-refractivity contribution in [3.05, 3.63) is 0 Å². The van der Waals surface area contributed by atoms with Crippen molar-refractivity contribution in [2.24, 2.45) is 35.0 Å². The van der Waals surface area contributed by atoms with Crippen LogP contribution in [0.5, 0.6) is 0 Å². The normalized spacial score (nSPS) is 55.5. The van der Waals surface area contributed by atoms with Gasteiger partial charge in [-0.05, 0) is 55.3 Å². The summed E-state index contributed by atoms with van der Waals surface area (Å²) in [6.07, 6.45) is 6.83. The molecule has 154 valence electrons. The average molecular weight is 390 g/mol. The minimum atomic E-state index is -0.835. The third-order valence-electron chi connectivity index (χ3n) is 9.54. The largest absolute Gasteiger partial charge is 0.350 e. The van der Waals surface area contributed by atoms with Crippen LogP contribution in [0.1, 0.15) is 58.3 Å². The molecule has 0 amide bonds. The fourth-order valence-corrected chi connectivity index (χ4v) is 8.26. The Kier molecular flexibility index (Phi) is 3.77. The van der Waals surface area contributed by atoms with Gasteiger partial charge in [-0.3, -0.25) is 9.59 Å². The molecule has 0 unspecified atom stereocenters. The van der Waals surface area contributed by atoms with Crippen LogP contribution in [0, 0.1) is 35.0 Å². The van der Waals surface area contributed by atoms with E-state index in [1.54, 1.807) is 0 Å². The number of hydrogen-bond donors (Lipinski definition) is 0. The van der Waals surface area contributed by atoms with Gasteiger partial charge in [0.1, 0.15) is 23.8 Å². The Balaban J connectivity index is 1.35. The molecule has 2 saturated heterocycles. The molecule has 28 heavy (non-hydrogen) atoms. The quantitative estimate of drug-likeness (QED) is 0.633. The molecule has 6 rings (SSSR count). The highest BCUT2D eigenvalue weighted by Crippen LogP contribution is 2.66. The van der Waals surface area contributed by atoms with E-state index in [0.717, 1.165) is 32.1 Å². The lowest BCUT2D eigenvalue weighted by Crippen LogP contribution is -2.61. The third kappa shape index (κ3) is 2.08. The van der Waals surface area contributed by atoms with Gasteiger partial charge in [0.05, 0.1) is 0 Å². The van der Waals surface area contributed by atoms with Crippen molar-refractivity contribution in [1.82, 2.24) is 0 Å². The Hall–Kier alpha value is -0.820. The Morgan fingerprint density at radius 3 is 2.61 bits per heavy atom. The van der Waals surface area contributed by atoms with Crippen LogP contribution in [0.15, 0.2) is 0 Å². The number of hydrogen-bond acceptors (Lipinski definition) is 6. The molecule has 6 fully saturated rings. The van der Waals surface area contributed by atoms with E-state index in [4.69, 9.17) is 18.9 Å². The van der Waals surface area contributed by atoms with Gasteiger partial charge in [0.15, 0.2) is 13.6 Å². The van der Waals surface area contributed by atoms with Gasteiger partial charge in [0.25, 0.3) is 0 Å². The second-order valence-electron chi connectivity index (χ2n) is 10.3. The molecule has 2 heterocycles. The van der Waals surface area contributed by atoms with E-state index in [1.165, 1.54) is 0 Å². The second-order valence-corrected chi connectivity index (χ2v) is 10.3. The van der Waals surface area contributed by atoms with Crippen LogP contribution in [0.3, 0.4) is 0 Å². The Morgan fingerprint density at radius 2 is 1.79 bits per heavy atom. The molecule has 0 bridgehead atoms. The highest BCUT2D eigenvalue weighted by Gasteiger charge is 2.72. The van der Waals surface area contributed by atoms with E-state index < -0.39 is 11.4 Å². The fourth-order valence-electron chi connectivity index (χ4n) is 8.26. The summed E-state index contributed by atoms with van der Waals surface area (Å²) in [5.41, 5.74) is -0.554. The van der Waals surface area contributed by atoms with Gasteiger partial charge in [-0.25, -0.2) is 0 Å². The fraction of sp³-hybridized carbons (Fsp3) is 0.909. The van der Waals surface area contributed by atoms with Gasteiger partial charge in [0.2, 0.25) is 5.79 Å². The first-order valence-corrected chi connectivity index (χ1v) is 11.0. The monoisotopic (exact) mass is 390 g/mol. The van der Waals surface area contributed by atoms with Crippen LogP contribution in [-0.2, 0) is 28.5 Å².